The molecule has 1 atom stereocenters. The number of hydrogen-bond acceptors (Lipinski definition) is 2. The summed E-state index contributed by atoms with van der Waals surface area (Å²) in [5.41, 5.74) is 0. The van der Waals surface area contributed by atoms with Crippen molar-refractivity contribution >= 4 is 18.0 Å². The molecule has 1 aliphatic rings. The topological polar surface area (TPSA) is 26.3 Å². The Morgan fingerprint density at radius 3 is 2.55 bits per heavy atom. The van der Waals surface area contributed by atoms with Crippen molar-refractivity contribution in [1.29, 1.82) is 0 Å². The Morgan fingerprint density at radius 1 is 1.55 bits per heavy atom. The molecule has 1 rings (SSSR count). The van der Waals surface area contributed by atoms with E-state index in [1.54, 1.807) is 6.92 Å². The van der Waals surface area contributed by atoms with Crippen molar-refractivity contribution in [3.05, 3.63) is 0 Å². The zero-order valence-corrected chi connectivity index (χ0v) is 8.40. The van der Waals surface area contributed by atoms with Crippen LogP contribution in [-0.4, -0.2) is 12.3 Å². The van der Waals surface area contributed by atoms with E-state index in [1.807, 2.05) is 0 Å². The van der Waals surface area contributed by atoms with Crippen LogP contribution in [0.15, 0.2) is 0 Å². The highest BCUT2D eigenvalue weighted by atomic mass is 35.7. The van der Waals surface area contributed by atoms with Crippen LogP contribution in [0.25, 0.3) is 0 Å². The Labute approximate surface area is 72.5 Å². The molecule has 0 heterocycles. The number of rotatable bonds is 3. The van der Waals surface area contributed by atoms with Gasteiger partial charge in [-0.15, -0.1) is 0 Å². The average molecular weight is 197 g/mol. The van der Waals surface area contributed by atoms with Gasteiger partial charge >= 0.3 is 0 Å². The van der Waals surface area contributed by atoms with Crippen LogP contribution in [0.1, 0.15) is 32.6 Å². The molecule has 1 fully saturated rings. The lowest BCUT2D eigenvalue weighted by atomic mass is 10.3. The second-order valence-electron chi connectivity index (χ2n) is 2.92. The number of halogens is 1. The first-order valence-corrected chi connectivity index (χ1v) is 6.82. The van der Waals surface area contributed by atoms with Crippen molar-refractivity contribution in [2.45, 2.75) is 38.7 Å². The molecule has 66 valence electrons. The van der Waals surface area contributed by atoms with E-state index in [4.69, 9.17) is 15.8 Å². The molecule has 0 N–H and O–H groups in total. The molecule has 4 heteroatoms. The highest BCUT2D eigenvalue weighted by Crippen LogP contribution is 2.54. The van der Waals surface area contributed by atoms with Crippen molar-refractivity contribution in [2.75, 3.05) is 6.16 Å². The lowest BCUT2D eigenvalue weighted by Crippen LogP contribution is -2.03. The van der Waals surface area contributed by atoms with E-state index in [1.165, 1.54) is 12.8 Å². The van der Waals surface area contributed by atoms with Crippen LogP contribution < -0.4 is 0 Å². The maximum Gasteiger partial charge on any atom is 0.290 e. The highest BCUT2D eigenvalue weighted by Gasteiger charge is 2.24. The van der Waals surface area contributed by atoms with Crippen molar-refractivity contribution in [3.8, 4) is 0 Å². The lowest BCUT2D eigenvalue weighted by Gasteiger charge is -2.14. The van der Waals surface area contributed by atoms with Crippen LogP contribution in [0.2, 0.25) is 0 Å². The Kier molecular flexibility index (Phi) is 3.42. The highest BCUT2D eigenvalue weighted by molar-refractivity contribution is 7.85. The summed E-state index contributed by atoms with van der Waals surface area (Å²) in [6.07, 6.45) is 5.02. The van der Waals surface area contributed by atoms with E-state index in [0.717, 1.165) is 12.8 Å². The molecule has 0 saturated heterocycles. The summed E-state index contributed by atoms with van der Waals surface area (Å²) >= 11 is 5.63. The van der Waals surface area contributed by atoms with Crippen molar-refractivity contribution in [1.82, 2.24) is 0 Å². The van der Waals surface area contributed by atoms with Gasteiger partial charge in [-0.2, -0.15) is 0 Å². The van der Waals surface area contributed by atoms with Gasteiger partial charge in [-0.3, -0.25) is 4.57 Å². The summed E-state index contributed by atoms with van der Waals surface area (Å²) in [5, 5.41) is 0. The van der Waals surface area contributed by atoms with Gasteiger partial charge < -0.3 is 4.52 Å². The maximum absolute atomic E-state index is 11.3. The normalized spacial score (nSPS) is 25.3. The van der Waals surface area contributed by atoms with Gasteiger partial charge in [0.05, 0.1) is 6.10 Å². The van der Waals surface area contributed by atoms with Crippen LogP contribution in [0.4, 0.5) is 0 Å². The third-order valence-corrected chi connectivity index (χ3v) is 4.31. The van der Waals surface area contributed by atoms with Gasteiger partial charge in [-0.25, -0.2) is 0 Å². The molecule has 0 aromatic rings. The standard InChI is InChI=1S/C7H14ClO2P/c1-2-11(8,9)10-7-5-3-4-6-7/h7H,2-6H2,1H3. The van der Waals surface area contributed by atoms with Crippen molar-refractivity contribution in [2.24, 2.45) is 0 Å². The summed E-state index contributed by atoms with van der Waals surface area (Å²) in [6.45, 7) is -0.956. The second kappa shape index (κ2) is 3.93. The van der Waals surface area contributed by atoms with Gasteiger partial charge in [0, 0.05) is 6.16 Å². The minimum absolute atomic E-state index is 0.165. The maximum atomic E-state index is 11.3. The molecule has 0 aromatic carbocycles. The van der Waals surface area contributed by atoms with E-state index in [-0.39, 0.29) is 6.10 Å². The van der Waals surface area contributed by atoms with Crippen LogP contribution in [0.5, 0.6) is 0 Å². The summed E-state index contributed by atoms with van der Waals surface area (Å²) in [6, 6.07) is 0. The summed E-state index contributed by atoms with van der Waals surface area (Å²) < 4.78 is 16.6. The zero-order valence-electron chi connectivity index (χ0n) is 6.75. The summed E-state index contributed by atoms with van der Waals surface area (Å²) in [4.78, 5) is 0. The lowest BCUT2D eigenvalue weighted by molar-refractivity contribution is 0.220. The van der Waals surface area contributed by atoms with Gasteiger partial charge in [-0.1, -0.05) is 19.8 Å². The molecule has 1 aliphatic carbocycles. The zero-order chi connectivity index (χ0) is 8.32. The van der Waals surface area contributed by atoms with E-state index in [0.29, 0.717) is 6.16 Å². The second-order valence-corrected chi connectivity index (χ2v) is 6.49. The van der Waals surface area contributed by atoms with Gasteiger partial charge in [0.15, 0.2) is 0 Å². The summed E-state index contributed by atoms with van der Waals surface area (Å²) in [7, 11) is 0. The van der Waals surface area contributed by atoms with E-state index < -0.39 is 6.72 Å². The molecule has 0 aliphatic heterocycles. The van der Waals surface area contributed by atoms with Gasteiger partial charge in [0.25, 0.3) is 6.72 Å². The minimum atomic E-state index is -2.75. The van der Waals surface area contributed by atoms with Crippen LogP contribution in [-0.2, 0) is 9.09 Å². The Balaban J connectivity index is 2.34. The van der Waals surface area contributed by atoms with Crippen LogP contribution >= 0.6 is 18.0 Å². The first-order chi connectivity index (χ1) is 5.14. The molecule has 11 heavy (non-hydrogen) atoms. The predicted octanol–water partition coefficient (Wildman–Crippen LogP) is 3.40. The molecule has 1 unspecified atom stereocenters. The average Bonchev–Trinajstić information content (AvgIpc) is 2.39. The molecular formula is C7H14ClO2P. The van der Waals surface area contributed by atoms with Crippen molar-refractivity contribution in [3.63, 3.8) is 0 Å². The molecule has 0 amide bonds. The first-order valence-electron chi connectivity index (χ1n) is 4.11. The summed E-state index contributed by atoms with van der Waals surface area (Å²) in [5.74, 6) is 0. The fraction of sp³-hybridized carbons (Fsp3) is 1.00. The van der Waals surface area contributed by atoms with E-state index in [9.17, 15) is 4.57 Å². The fourth-order valence-corrected chi connectivity index (χ4v) is 2.43. The predicted molar refractivity (Wildman–Crippen MR) is 47.3 cm³/mol. The number of hydrogen-bond donors (Lipinski definition) is 0. The molecule has 0 aromatic heterocycles. The Hall–Kier alpha value is 0.480. The third-order valence-electron chi connectivity index (χ3n) is 1.99. The minimum Gasteiger partial charge on any atom is -0.314 e. The molecule has 2 nitrogen and oxygen atoms in total. The van der Waals surface area contributed by atoms with Crippen LogP contribution in [0.3, 0.4) is 0 Å². The molecular weight excluding hydrogens is 183 g/mol. The quantitative estimate of drug-likeness (QED) is 0.647. The van der Waals surface area contributed by atoms with E-state index >= 15 is 0 Å². The molecule has 0 spiro atoms. The molecule has 1 saturated carbocycles. The molecule has 0 bridgehead atoms. The Morgan fingerprint density at radius 2 is 2.09 bits per heavy atom. The monoisotopic (exact) mass is 196 g/mol. The van der Waals surface area contributed by atoms with Gasteiger partial charge in [-0.05, 0) is 24.1 Å². The third kappa shape index (κ3) is 3.14. The smallest absolute Gasteiger partial charge is 0.290 e. The van der Waals surface area contributed by atoms with Crippen molar-refractivity contribution < 1.29 is 9.09 Å². The van der Waals surface area contributed by atoms with Gasteiger partial charge in [0.1, 0.15) is 0 Å². The Bertz CT molecular complexity index is 166. The fourth-order valence-electron chi connectivity index (χ4n) is 1.29. The van der Waals surface area contributed by atoms with Crippen LogP contribution in [0, 0.1) is 0 Å². The van der Waals surface area contributed by atoms with Gasteiger partial charge in [0.2, 0.25) is 0 Å². The van der Waals surface area contributed by atoms with E-state index in [2.05, 4.69) is 0 Å². The molecule has 0 radical (unpaired) electrons. The largest absolute Gasteiger partial charge is 0.314 e. The first kappa shape index (κ1) is 9.57. The SMILES string of the molecule is CCP(=O)(Cl)OC1CCCC1.